The summed E-state index contributed by atoms with van der Waals surface area (Å²) in [6.45, 7) is 1.75. The first-order chi connectivity index (χ1) is 5.72. The fraction of sp³-hybridized carbons (Fsp3) is 0.400. The number of aryl methyl sites for hydroxylation is 1. The van der Waals surface area contributed by atoms with Crippen molar-refractivity contribution in [3.05, 3.63) is 11.7 Å². The Balaban J connectivity index is 2.43. The third-order valence-corrected chi connectivity index (χ3v) is 1.83. The maximum Gasteiger partial charge on any atom is 0.237 e. The molecule has 0 aromatic carbocycles. The molecule has 4 N–H and O–H groups in total. The highest BCUT2D eigenvalue weighted by Gasteiger charge is 2.03. The summed E-state index contributed by atoms with van der Waals surface area (Å²) in [4.78, 5) is 3.97. The summed E-state index contributed by atoms with van der Waals surface area (Å²) < 4.78 is 4.83. The molecular formula is C5H9N5OS. The largest absolute Gasteiger partial charge is 0.377 e. The number of nitrogens with zero attached hydrogens (tertiary/aromatic N) is 3. The Morgan fingerprint density at radius 1 is 1.75 bits per heavy atom. The van der Waals surface area contributed by atoms with Gasteiger partial charge in [0.25, 0.3) is 0 Å². The Kier molecular flexibility index (Phi) is 2.92. The number of rotatable bonds is 2. The van der Waals surface area contributed by atoms with Gasteiger partial charge in [-0.25, -0.2) is 0 Å². The molecule has 1 heterocycles. The fourth-order valence-corrected chi connectivity index (χ4v) is 1.03. The predicted octanol–water partition coefficient (Wildman–Crippen LogP) is -0.200. The summed E-state index contributed by atoms with van der Waals surface area (Å²) in [5.41, 5.74) is 5.33. The second-order valence-electron chi connectivity index (χ2n) is 1.99. The lowest BCUT2D eigenvalue weighted by molar-refractivity contribution is 0.387. The molecule has 0 spiro atoms. The van der Waals surface area contributed by atoms with Crippen LogP contribution in [-0.4, -0.2) is 15.3 Å². The third kappa shape index (κ3) is 2.42. The van der Waals surface area contributed by atoms with E-state index in [1.807, 2.05) is 0 Å². The first-order valence-electron chi connectivity index (χ1n) is 3.17. The normalized spacial score (nSPS) is 11.9. The van der Waals surface area contributed by atoms with E-state index >= 15 is 0 Å². The number of aromatic nitrogens is 2. The van der Waals surface area contributed by atoms with Crippen LogP contribution in [0.2, 0.25) is 0 Å². The van der Waals surface area contributed by atoms with Gasteiger partial charge < -0.3 is 16.1 Å². The summed E-state index contributed by atoms with van der Waals surface area (Å²) in [6.07, 6.45) is 0. The Morgan fingerprint density at radius 2 is 2.50 bits per heavy atom. The summed E-state index contributed by atoms with van der Waals surface area (Å²) in [7, 11) is 0. The molecule has 0 aliphatic carbocycles. The van der Waals surface area contributed by atoms with Crippen molar-refractivity contribution in [1.29, 1.82) is 0 Å². The lowest BCUT2D eigenvalue weighted by Crippen LogP contribution is -2.09. The molecule has 12 heavy (non-hydrogen) atoms. The monoisotopic (exact) mass is 187 g/mol. The van der Waals surface area contributed by atoms with Gasteiger partial charge in [0.15, 0.2) is 11.0 Å². The SMILES string of the molecule is Cc1noc(CS/C(N)=N/N)n1. The van der Waals surface area contributed by atoms with Gasteiger partial charge >= 0.3 is 0 Å². The van der Waals surface area contributed by atoms with Crippen molar-refractivity contribution >= 4 is 16.9 Å². The minimum absolute atomic E-state index is 0.297. The van der Waals surface area contributed by atoms with Gasteiger partial charge in [0.05, 0.1) is 5.75 Å². The summed E-state index contributed by atoms with van der Waals surface area (Å²) >= 11 is 1.25. The van der Waals surface area contributed by atoms with Gasteiger partial charge in [-0.05, 0) is 6.92 Å². The van der Waals surface area contributed by atoms with Crippen molar-refractivity contribution in [3.8, 4) is 0 Å². The highest BCUT2D eigenvalue weighted by atomic mass is 32.2. The van der Waals surface area contributed by atoms with E-state index < -0.39 is 0 Å². The Bertz CT molecular complexity index is 283. The first-order valence-corrected chi connectivity index (χ1v) is 4.16. The predicted molar refractivity (Wildman–Crippen MR) is 46.1 cm³/mol. The molecule has 6 nitrogen and oxygen atoms in total. The number of hydrogen-bond acceptors (Lipinski definition) is 6. The van der Waals surface area contributed by atoms with Crippen molar-refractivity contribution in [2.75, 3.05) is 0 Å². The molecule has 0 amide bonds. The van der Waals surface area contributed by atoms with Gasteiger partial charge in [-0.15, -0.1) is 0 Å². The number of amidine groups is 1. The lowest BCUT2D eigenvalue weighted by atomic mass is 10.7. The average molecular weight is 187 g/mol. The second kappa shape index (κ2) is 3.96. The van der Waals surface area contributed by atoms with Crippen LogP contribution in [-0.2, 0) is 5.75 Å². The molecule has 1 aromatic rings. The molecule has 0 fully saturated rings. The van der Waals surface area contributed by atoms with E-state index in [2.05, 4.69) is 15.2 Å². The van der Waals surface area contributed by atoms with Gasteiger partial charge in [-0.3, -0.25) is 0 Å². The van der Waals surface area contributed by atoms with Crippen LogP contribution in [0.1, 0.15) is 11.7 Å². The van der Waals surface area contributed by atoms with Gasteiger partial charge in [0.1, 0.15) is 0 Å². The Labute approximate surface area is 73.4 Å². The fourth-order valence-electron chi connectivity index (χ4n) is 0.572. The molecule has 0 saturated carbocycles. The van der Waals surface area contributed by atoms with Crippen LogP contribution in [0.15, 0.2) is 9.62 Å². The quantitative estimate of drug-likeness (QED) is 0.287. The van der Waals surface area contributed by atoms with Crippen molar-refractivity contribution < 1.29 is 4.52 Å². The first kappa shape index (κ1) is 8.85. The molecule has 0 saturated heterocycles. The van der Waals surface area contributed by atoms with Gasteiger partial charge in [-0.2, -0.15) is 10.1 Å². The van der Waals surface area contributed by atoms with Crippen LogP contribution >= 0.6 is 11.8 Å². The Hall–Kier alpha value is -1.24. The summed E-state index contributed by atoms with van der Waals surface area (Å²) in [5.74, 6) is 6.53. The second-order valence-corrected chi connectivity index (χ2v) is 2.99. The van der Waals surface area contributed by atoms with Crippen LogP contribution in [0.3, 0.4) is 0 Å². The molecule has 1 rings (SSSR count). The highest BCUT2D eigenvalue weighted by Crippen LogP contribution is 2.08. The van der Waals surface area contributed by atoms with Gasteiger partial charge in [0, 0.05) is 0 Å². The molecule has 0 unspecified atom stereocenters. The minimum atomic E-state index is 0.297. The standard InChI is InChI=1S/C5H9N5OS/c1-3-8-4(11-10-3)2-12-5(6)9-7/h2,7H2,1H3,(H2,6,9). The number of hydrogen-bond donors (Lipinski definition) is 2. The number of nitrogens with two attached hydrogens (primary N) is 2. The molecule has 0 aliphatic heterocycles. The molecule has 0 aliphatic rings. The lowest BCUT2D eigenvalue weighted by Gasteiger charge is -1.92. The molecule has 1 aromatic heterocycles. The van der Waals surface area contributed by atoms with Crippen LogP contribution < -0.4 is 11.6 Å². The smallest absolute Gasteiger partial charge is 0.237 e. The molecule has 0 atom stereocenters. The molecular weight excluding hydrogens is 178 g/mol. The van der Waals surface area contributed by atoms with Crippen LogP contribution in [0.5, 0.6) is 0 Å². The molecule has 66 valence electrons. The maximum atomic E-state index is 5.33. The van der Waals surface area contributed by atoms with Gasteiger partial charge in [-0.1, -0.05) is 16.9 Å². The van der Waals surface area contributed by atoms with Crippen LogP contribution in [0, 0.1) is 6.92 Å². The van der Waals surface area contributed by atoms with Gasteiger partial charge in [0.2, 0.25) is 5.89 Å². The van der Waals surface area contributed by atoms with Crippen molar-refractivity contribution in [2.24, 2.45) is 16.7 Å². The number of thioether (sulfide) groups is 1. The minimum Gasteiger partial charge on any atom is -0.377 e. The van der Waals surface area contributed by atoms with E-state index in [1.54, 1.807) is 6.92 Å². The average Bonchev–Trinajstić information content (AvgIpc) is 2.47. The van der Waals surface area contributed by atoms with E-state index in [0.717, 1.165) is 0 Å². The van der Waals surface area contributed by atoms with E-state index in [4.69, 9.17) is 16.1 Å². The van der Waals surface area contributed by atoms with Crippen molar-refractivity contribution in [2.45, 2.75) is 12.7 Å². The number of hydrazone groups is 1. The van der Waals surface area contributed by atoms with E-state index in [1.165, 1.54) is 11.8 Å². The zero-order chi connectivity index (χ0) is 8.97. The molecule has 7 heteroatoms. The van der Waals surface area contributed by atoms with E-state index in [0.29, 0.717) is 22.6 Å². The Morgan fingerprint density at radius 3 is 3.00 bits per heavy atom. The summed E-state index contributed by atoms with van der Waals surface area (Å²) in [5, 5.41) is 7.18. The molecule has 0 bridgehead atoms. The molecule has 0 radical (unpaired) electrons. The van der Waals surface area contributed by atoms with Crippen LogP contribution in [0.4, 0.5) is 0 Å². The maximum absolute atomic E-state index is 5.33. The van der Waals surface area contributed by atoms with Crippen molar-refractivity contribution in [1.82, 2.24) is 10.1 Å². The zero-order valence-corrected chi connectivity index (χ0v) is 7.34. The van der Waals surface area contributed by atoms with Crippen LogP contribution in [0.25, 0.3) is 0 Å². The van der Waals surface area contributed by atoms with E-state index in [-0.39, 0.29) is 0 Å². The third-order valence-electron chi connectivity index (χ3n) is 1.04. The zero-order valence-electron chi connectivity index (χ0n) is 6.52. The highest BCUT2D eigenvalue weighted by molar-refractivity contribution is 8.13. The van der Waals surface area contributed by atoms with E-state index in [9.17, 15) is 0 Å². The van der Waals surface area contributed by atoms with Crippen molar-refractivity contribution in [3.63, 3.8) is 0 Å². The topological polar surface area (TPSA) is 103 Å². The summed E-state index contributed by atoms with van der Waals surface area (Å²) in [6, 6.07) is 0.